The van der Waals surface area contributed by atoms with Crippen molar-refractivity contribution in [3.8, 4) is 0 Å². The number of rotatable bonds is 4. The summed E-state index contributed by atoms with van der Waals surface area (Å²) < 4.78 is 8.80. The molecule has 15 heavy (non-hydrogen) atoms. The molecule has 0 aliphatic carbocycles. The predicted molar refractivity (Wildman–Crippen MR) is 72.4 cm³/mol. The van der Waals surface area contributed by atoms with E-state index in [1.807, 2.05) is 0 Å². The molecule has 0 amide bonds. The van der Waals surface area contributed by atoms with Gasteiger partial charge in [0.05, 0.1) is 0 Å². The Kier molecular flexibility index (Phi) is 4.20. The van der Waals surface area contributed by atoms with Crippen LogP contribution in [-0.4, -0.2) is 40.3 Å². The summed E-state index contributed by atoms with van der Waals surface area (Å²) in [6.45, 7) is 16.4. The van der Waals surface area contributed by atoms with E-state index in [0.717, 1.165) is 6.61 Å². The molecule has 0 N–H and O–H groups in total. The third-order valence-electron chi connectivity index (χ3n) is 2.95. The molecule has 1 saturated heterocycles. The summed E-state index contributed by atoms with van der Waals surface area (Å²) in [6, 6.07) is 0.711. The Morgan fingerprint density at radius 2 is 1.73 bits per heavy atom. The lowest BCUT2D eigenvalue weighted by Gasteiger charge is -2.36. The van der Waals surface area contributed by atoms with Crippen LogP contribution in [0.5, 0.6) is 0 Å². The maximum atomic E-state index is 6.06. The Morgan fingerprint density at radius 3 is 2.20 bits per heavy atom. The van der Waals surface area contributed by atoms with Gasteiger partial charge in [-0.05, 0) is 39.0 Å². The molecule has 0 unspecified atom stereocenters. The van der Waals surface area contributed by atoms with Gasteiger partial charge in [-0.2, -0.15) is 0 Å². The normalized spacial score (nSPS) is 24.8. The van der Waals surface area contributed by atoms with Gasteiger partial charge in [-0.1, -0.05) is 19.6 Å². The second kappa shape index (κ2) is 4.69. The van der Waals surface area contributed by atoms with Gasteiger partial charge in [-0.15, -0.1) is 0 Å². The zero-order valence-electron chi connectivity index (χ0n) is 11.3. The molecule has 0 aromatic heterocycles. The Bertz CT molecular complexity index is 208. The minimum Gasteiger partial charge on any atom is -0.416 e. The molecule has 1 heterocycles. The van der Waals surface area contributed by atoms with Crippen molar-refractivity contribution in [3.05, 3.63) is 0 Å². The molecule has 4 heteroatoms. The monoisotopic (exact) mass is 245 g/mol. The van der Waals surface area contributed by atoms with Gasteiger partial charge in [0.2, 0.25) is 0 Å². The molecule has 0 aromatic carbocycles. The zero-order chi connectivity index (χ0) is 11.7. The molecule has 1 fully saturated rings. The van der Waals surface area contributed by atoms with E-state index in [1.165, 1.54) is 19.4 Å². The van der Waals surface area contributed by atoms with Crippen LogP contribution in [0.1, 0.15) is 12.8 Å². The summed E-state index contributed by atoms with van der Waals surface area (Å²) in [5.41, 5.74) is 0. The second-order valence-corrected chi connectivity index (χ2v) is 16.0. The molecule has 0 aromatic rings. The average molecular weight is 246 g/mol. The zero-order valence-corrected chi connectivity index (χ0v) is 13.3. The Balaban J connectivity index is 2.48. The van der Waals surface area contributed by atoms with Gasteiger partial charge >= 0.3 is 0 Å². The summed E-state index contributed by atoms with van der Waals surface area (Å²) in [7, 11) is -2.44. The smallest absolute Gasteiger partial charge is 0.183 e. The highest BCUT2D eigenvalue weighted by Gasteiger charge is 2.34. The van der Waals surface area contributed by atoms with E-state index in [2.05, 4.69) is 43.8 Å². The van der Waals surface area contributed by atoms with Crippen molar-refractivity contribution < 1.29 is 4.43 Å². The van der Waals surface area contributed by atoms with Crippen molar-refractivity contribution in [2.45, 2.75) is 58.2 Å². The first kappa shape index (κ1) is 13.4. The van der Waals surface area contributed by atoms with Crippen LogP contribution in [0.3, 0.4) is 0 Å². The van der Waals surface area contributed by atoms with Gasteiger partial charge in [0.15, 0.2) is 8.32 Å². The topological polar surface area (TPSA) is 12.5 Å². The van der Waals surface area contributed by atoms with E-state index in [0.29, 0.717) is 6.04 Å². The number of nitrogens with zero attached hydrogens (tertiary/aromatic N) is 1. The van der Waals surface area contributed by atoms with Gasteiger partial charge in [-0.25, -0.2) is 0 Å². The van der Waals surface area contributed by atoms with Gasteiger partial charge in [0, 0.05) is 12.6 Å². The highest BCUT2D eigenvalue weighted by atomic mass is 28.4. The molecule has 1 atom stereocenters. The summed E-state index contributed by atoms with van der Waals surface area (Å²) in [5.74, 6) is 0. The van der Waals surface area contributed by atoms with Crippen molar-refractivity contribution in [1.29, 1.82) is 0 Å². The molecule has 90 valence electrons. The van der Waals surface area contributed by atoms with Gasteiger partial charge in [0.25, 0.3) is 0 Å². The van der Waals surface area contributed by atoms with E-state index in [4.69, 9.17) is 4.43 Å². The molecule has 0 spiro atoms. The minimum absolute atomic E-state index is 0.711. The van der Waals surface area contributed by atoms with Crippen LogP contribution in [0, 0.1) is 0 Å². The Morgan fingerprint density at radius 1 is 1.13 bits per heavy atom. The summed E-state index contributed by atoms with van der Waals surface area (Å²) in [5, 5.41) is 0. The number of hydrogen-bond donors (Lipinski definition) is 0. The summed E-state index contributed by atoms with van der Waals surface area (Å²) in [6.07, 6.45) is 2.71. The Hall–Kier alpha value is 0.354. The van der Waals surface area contributed by atoms with E-state index >= 15 is 0 Å². The number of hydrogen-bond acceptors (Lipinski definition) is 2. The molecule has 2 nitrogen and oxygen atoms in total. The maximum absolute atomic E-state index is 6.06. The fourth-order valence-electron chi connectivity index (χ4n) is 2.24. The molecule has 1 aliphatic heterocycles. The quantitative estimate of drug-likeness (QED) is 0.706. The lowest BCUT2D eigenvalue weighted by Crippen LogP contribution is -2.51. The van der Waals surface area contributed by atoms with Crippen LogP contribution in [0.15, 0.2) is 0 Å². The maximum Gasteiger partial charge on any atom is 0.183 e. The van der Waals surface area contributed by atoms with Crippen LogP contribution < -0.4 is 0 Å². The van der Waals surface area contributed by atoms with Gasteiger partial charge in [0.1, 0.15) is 8.24 Å². The first-order valence-electron chi connectivity index (χ1n) is 6.11. The minimum atomic E-state index is -1.32. The van der Waals surface area contributed by atoms with E-state index < -0.39 is 16.6 Å². The van der Waals surface area contributed by atoms with E-state index in [1.54, 1.807) is 0 Å². The molecule has 0 saturated carbocycles. The van der Waals surface area contributed by atoms with Crippen molar-refractivity contribution in [2.75, 3.05) is 13.2 Å². The average Bonchev–Trinajstić information content (AvgIpc) is 2.45. The van der Waals surface area contributed by atoms with Crippen LogP contribution >= 0.6 is 0 Å². The summed E-state index contributed by atoms with van der Waals surface area (Å²) in [4.78, 5) is 0. The second-order valence-electron chi connectivity index (χ2n) is 6.58. The molecule has 0 radical (unpaired) electrons. The largest absolute Gasteiger partial charge is 0.416 e. The highest BCUT2D eigenvalue weighted by Crippen LogP contribution is 2.25. The highest BCUT2D eigenvalue weighted by molar-refractivity contribution is 6.73. The lowest BCUT2D eigenvalue weighted by atomic mass is 10.2. The third kappa shape index (κ3) is 4.38. The lowest BCUT2D eigenvalue weighted by molar-refractivity contribution is 0.223. The Labute approximate surface area is 97.2 Å². The predicted octanol–water partition coefficient (Wildman–Crippen LogP) is 3.14. The van der Waals surface area contributed by atoms with Gasteiger partial charge < -0.3 is 8.99 Å². The van der Waals surface area contributed by atoms with Gasteiger partial charge in [-0.3, -0.25) is 0 Å². The molecular formula is C11H27NOSi2. The fraction of sp³-hybridized carbons (Fsp3) is 1.00. The first-order valence-corrected chi connectivity index (χ1v) is 13.0. The molecule has 1 aliphatic rings. The van der Waals surface area contributed by atoms with Crippen LogP contribution in [0.4, 0.5) is 0 Å². The van der Waals surface area contributed by atoms with Crippen molar-refractivity contribution in [2.24, 2.45) is 0 Å². The molecular weight excluding hydrogens is 218 g/mol. The summed E-state index contributed by atoms with van der Waals surface area (Å²) >= 11 is 0. The van der Waals surface area contributed by atoms with Crippen molar-refractivity contribution >= 4 is 16.6 Å². The van der Waals surface area contributed by atoms with Crippen molar-refractivity contribution in [3.63, 3.8) is 0 Å². The van der Waals surface area contributed by atoms with E-state index in [9.17, 15) is 0 Å². The van der Waals surface area contributed by atoms with Crippen molar-refractivity contribution in [1.82, 2.24) is 4.57 Å². The fourth-order valence-corrected chi connectivity index (χ4v) is 5.06. The standard InChI is InChI=1S/C11H27NOSi2/c1-14(2,3)12-9-7-8-11(12)10-13-15(4,5)6/h11H,7-10H2,1-6H3/t11-/m0/s1. The third-order valence-corrected chi connectivity index (χ3v) is 6.29. The SMILES string of the molecule is C[Si](C)(C)OC[C@@H]1CCCN1[Si](C)(C)C. The van der Waals surface area contributed by atoms with E-state index in [-0.39, 0.29) is 0 Å². The van der Waals surface area contributed by atoms with Crippen LogP contribution in [-0.2, 0) is 4.43 Å². The van der Waals surface area contributed by atoms with Crippen LogP contribution in [0.2, 0.25) is 39.3 Å². The molecule has 0 bridgehead atoms. The molecule has 1 rings (SSSR count). The first-order chi connectivity index (χ1) is 6.70. The van der Waals surface area contributed by atoms with Crippen LogP contribution in [0.25, 0.3) is 0 Å².